The summed E-state index contributed by atoms with van der Waals surface area (Å²) in [7, 11) is 3.44. The number of hydrogen-bond donors (Lipinski definition) is 0. The lowest BCUT2D eigenvalue weighted by Crippen LogP contribution is -2.10. The molecular formula is C15H13F4N. The number of alkyl halides is 3. The van der Waals surface area contributed by atoms with Crippen molar-refractivity contribution < 1.29 is 17.6 Å². The van der Waals surface area contributed by atoms with Crippen LogP contribution in [-0.2, 0) is 6.18 Å². The molecule has 0 spiro atoms. The van der Waals surface area contributed by atoms with Crippen LogP contribution in [0.15, 0.2) is 42.5 Å². The summed E-state index contributed by atoms with van der Waals surface area (Å²) in [4.78, 5) is 1.63. The SMILES string of the molecule is CN(C)c1ccc(-c2ccc(C(F)(F)F)cc2)cc1F. The Morgan fingerprint density at radius 3 is 1.85 bits per heavy atom. The van der Waals surface area contributed by atoms with Crippen molar-refractivity contribution in [2.75, 3.05) is 19.0 Å². The van der Waals surface area contributed by atoms with Crippen molar-refractivity contribution in [3.63, 3.8) is 0 Å². The molecule has 0 aliphatic carbocycles. The Kier molecular flexibility index (Phi) is 3.70. The molecule has 0 atom stereocenters. The third kappa shape index (κ3) is 2.92. The quantitative estimate of drug-likeness (QED) is 0.729. The first-order valence-corrected chi connectivity index (χ1v) is 5.93. The number of halogens is 4. The van der Waals surface area contributed by atoms with Gasteiger partial charge in [0.15, 0.2) is 0 Å². The van der Waals surface area contributed by atoms with Crippen LogP contribution in [-0.4, -0.2) is 14.1 Å². The number of anilines is 1. The van der Waals surface area contributed by atoms with E-state index in [0.717, 1.165) is 12.1 Å². The molecule has 0 fully saturated rings. The summed E-state index contributed by atoms with van der Waals surface area (Å²) in [6.07, 6.45) is -4.36. The van der Waals surface area contributed by atoms with Crippen LogP contribution < -0.4 is 4.90 Å². The van der Waals surface area contributed by atoms with Crippen LogP contribution in [0.4, 0.5) is 23.2 Å². The van der Waals surface area contributed by atoms with E-state index < -0.39 is 17.6 Å². The van der Waals surface area contributed by atoms with Crippen molar-refractivity contribution in [2.24, 2.45) is 0 Å². The fourth-order valence-corrected chi connectivity index (χ4v) is 1.90. The van der Waals surface area contributed by atoms with Gasteiger partial charge in [-0.3, -0.25) is 0 Å². The first-order chi connectivity index (χ1) is 9.29. The van der Waals surface area contributed by atoms with Crippen LogP contribution in [0, 0.1) is 5.82 Å². The molecule has 0 amide bonds. The van der Waals surface area contributed by atoms with Crippen molar-refractivity contribution in [1.82, 2.24) is 0 Å². The minimum absolute atomic E-state index is 0.410. The van der Waals surface area contributed by atoms with Crippen LogP contribution >= 0.6 is 0 Å². The third-order valence-electron chi connectivity index (χ3n) is 2.98. The molecule has 20 heavy (non-hydrogen) atoms. The molecule has 2 aromatic rings. The molecule has 106 valence electrons. The zero-order chi connectivity index (χ0) is 14.9. The van der Waals surface area contributed by atoms with E-state index in [2.05, 4.69) is 0 Å². The summed E-state index contributed by atoms with van der Waals surface area (Å²) in [5, 5.41) is 0. The van der Waals surface area contributed by atoms with Crippen molar-refractivity contribution in [3.8, 4) is 11.1 Å². The largest absolute Gasteiger partial charge is 0.416 e. The molecule has 0 aliphatic heterocycles. The lowest BCUT2D eigenvalue weighted by atomic mass is 10.0. The second kappa shape index (κ2) is 5.15. The molecule has 0 heterocycles. The van der Waals surface area contributed by atoms with Crippen LogP contribution in [0.25, 0.3) is 11.1 Å². The van der Waals surface area contributed by atoms with Crippen molar-refractivity contribution in [1.29, 1.82) is 0 Å². The molecule has 0 unspecified atom stereocenters. The molecule has 1 nitrogen and oxygen atoms in total. The van der Waals surface area contributed by atoms with Gasteiger partial charge in [0.25, 0.3) is 0 Å². The molecule has 0 aliphatic rings. The molecule has 0 aromatic heterocycles. The van der Waals surface area contributed by atoms with E-state index in [1.165, 1.54) is 18.2 Å². The van der Waals surface area contributed by atoms with Crippen LogP contribution in [0.1, 0.15) is 5.56 Å². The summed E-state index contributed by atoms with van der Waals surface area (Å²) in [5.41, 5.74) is 0.802. The number of hydrogen-bond acceptors (Lipinski definition) is 1. The van der Waals surface area contributed by atoms with Gasteiger partial charge in [0.1, 0.15) is 5.82 Å². The lowest BCUT2D eigenvalue weighted by molar-refractivity contribution is -0.137. The van der Waals surface area contributed by atoms with Gasteiger partial charge in [-0.15, -0.1) is 0 Å². The summed E-state index contributed by atoms with van der Waals surface area (Å²) < 4.78 is 51.2. The molecule has 0 saturated carbocycles. The first-order valence-electron chi connectivity index (χ1n) is 5.93. The van der Waals surface area contributed by atoms with Crippen LogP contribution in [0.3, 0.4) is 0 Å². The van der Waals surface area contributed by atoms with Crippen molar-refractivity contribution in [3.05, 3.63) is 53.8 Å². The average Bonchev–Trinajstić information content (AvgIpc) is 2.37. The van der Waals surface area contributed by atoms with Gasteiger partial charge in [0.2, 0.25) is 0 Å². The fraction of sp³-hybridized carbons (Fsp3) is 0.200. The zero-order valence-corrected chi connectivity index (χ0v) is 11.0. The highest BCUT2D eigenvalue weighted by molar-refractivity contribution is 5.67. The lowest BCUT2D eigenvalue weighted by Gasteiger charge is -2.14. The molecule has 0 N–H and O–H groups in total. The van der Waals surface area contributed by atoms with Crippen molar-refractivity contribution in [2.45, 2.75) is 6.18 Å². The van der Waals surface area contributed by atoms with E-state index in [0.29, 0.717) is 16.8 Å². The first kappa shape index (κ1) is 14.4. The second-order valence-corrected chi connectivity index (χ2v) is 4.64. The molecule has 2 rings (SSSR count). The molecule has 5 heteroatoms. The predicted octanol–water partition coefficient (Wildman–Crippen LogP) is 4.58. The van der Waals surface area contributed by atoms with E-state index in [1.807, 2.05) is 0 Å². The van der Waals surface area contributed by atoms with Crippen molar-refractivity contribution >= 4 is 5.69 Å². The molecular weight excluding hydrogens is 270 g/mol. The monoisotopic (exact) mass is 283 g/mol. The Balaban J connectivity index is 2.35. The standard InChI is InChI=1S/C15H13F4N/c1-20(2)14-8-5-11(9-13(14)16)10-3-6-12(7-4-10)15(17,18)19/h3-9H,1-2H3. The number of rotatable bonds is 2. The van der Waals surface area contributed by atoms with E-state index in [4.69, 9.17) is 0 Å². The maximum atomic E-state index is 13.8. The van der Waals surface area contributed by atoms with Gasteiger partial charge in [-0.25, -0.2) is 4.39 Å². The Morgan fingerprint density at radius 1 is 0.850 bits per heavy atom. The molecule has 0 saturated heterocycles. The number of benzene rings is 2. The highest BCUT2D eigenvalue weighted by atomic mass is 19.4. The van der Waals surface area contributed by atoms with Gasteiger partial charge in [-0.2, -0.15) is 13.2 Å². The molecule has 2 aromatic carbocycles. The molecule has 0 radical (unpaired) electrons. The summed E-state index contributed by atoms with van der Waals surface area (Å²) >= 11 is 0. The van der Waals surface area contributed by atoms with E-state index >= 15 is 0 Å². The smallest absolute Gasteiger partial charge is 0.375 e. The molecule has 0 bridgehead atoms. The van der Waals surface area contributed by atoms with E-state index in [9.17, 15) is 17.6 Å². The highest BCUT2D eigenvalue weighted by Crippen LogP contribution is 2.31. The van der Waals surface area contributed by atoms with Crippen LogP contribution in [0.2, 0.25) is 0 Å². The summed E-state index contributed by atoms with van der Waals surface area (Å²) in [6, 6.07) is 9.27. The van der Waals surface area contributed by atoms with E-state index in [-0.39, 0.29) is 0 Å². The van der Waals surface area contributed by atoms with Gasteiger partial charge < -0.3 is 4.90 Å². The summed E-state index contributed by atoms with van der Waals surface area (Å²) in [5.74, 6) is -0.410. The Morgan fingerprint density at radius 2 is 1.40 bits per heavy atom. The van der Waals surface area contributed by atoms with Gasteiger partial charge in [0.05, 0.1) is 11.3 Å². The van der Waals surface area contributed by atoms with Crippen LogP contribution in [0.5, 0.6) is 0 Å². The Labute approximate surface area is 114 Å². The fourth-order valence-electron chi connectivity index (χ4n) is 1.90. The summed E-state index contributed by atoms with van der Waals surface area (Å²) in [6.45, 7) is 0. The minimum Gasteiger partial charge on any atom is -0.375 e. The maximum absolute atomic E-state index is 13.8. The third-order valence-corrected chi connectivity index (χ3v) is 2.98. The van der Waals surface area contributed by atoms with Gasteiger partial charge in [-0.1, -0.05) is 18.2 Å². The van der Waals surface area contributed by atoms with Gasteiger partial charge >= 0.3 is 6.18 Å². The van der Waals surface area contributed by atoms with E-state index in [1.54, 1.807) is 31.1 Å². The minimum atomic E-state index is -4.36. The van der Waals surface area contributed by atoms with Gasteiger partial charge in [-0.05, 0) is 35.4 Å². The highest BCUT2D eigenvalue weighted by Gasteiger charge is 2.29. The normalized spacial score (nSPS) is 11.5. The zero-order valence-electron chi connectivity index (χ0n) is 11.0. The average molecular weight is 283 g/mol. The number of nitrogens with zero attached hydrogens (tertiary/aromatic N) is 1. The maximum Gasteiger partial charge on any atom is 0.416 e. The topological polar surface area (TPSA) is 3.24 Å². The second-order valence-electron chi connectivity index (χ2n) is 4.64. The predicted molar refractivity (Wildman–Crippen MR) is 71.2 cm³/mol. The Hall–Kier alpha value is -2.04. The van der Waals surface area contributed by atoms with Gasteiger partial charge in [0, 0.05) is 14.1 Å². The Bertz CT molecular complexity index is 600.